The molecule has 1 atom stereocenters. The molecule has 1 amide bonds. The summed E-state index contributed by atoms with van der Waals surface area (Å²) in [6.45, 7) is 4.15. The van der Waals surface area contributed by atoms with Gasteiger partial charge in [-0.15, -0.1) is 0 Å². The summed E-state index contributed by atoms with van der Waals surface area (Å²) >= 11 is 1.46. The average Bonchev–Trinajstić information content (AvgIpc) is 2.47. The fourth-order valence-electron chi connectivity index (χ4n) is 1.42. The van der Waals surface area contributed by atoms with Crippen LogP contribution in [0.3, 0.4) is 0 Å². The first kappa shape index (κ1) is 10.3. The predicted octanol–water partition coefficient (Wildman–Crippen LogP) is 0.911. The van der Waals surface area contributed by atoms with Crippen LogP contribution in [0.1, 0.15) is 6.42 Å². The Balaban J connectivity index is 2.59. The highest BCUT2D eigenvalue weighted by atomic mass is 32.2. The predicted molar refractivity (Wildman–Crippen MR) is 53.4 cm³/mol. The van der Waals surface area contributed by atoms with Gasteiger partial charge < -0.3 is 4.90 Å². The van der Waals surface area contributed by atoms with E-state index in [0.29, 0.717) is 18.7 Å². The van der Waals surface area contributed by atoms with Crippen LogP contribution >= 0.6 is 11.8 Å². The van der Waals surface area contributed by atoms with Crippen molar-refractivity contribution in [3.63, 3.8) is 0 Å². The summed E-state index contributed by atoms with van der Waals surface area (Å²) in [6, 6.07) is 0. The summed E-state index contributed by atoms with van der Waals surface area (Å²) in [7, 11) is 0. The molecule has 0 radical (unpaired) electrons. The summed E-state index contributed by atoms with van der Waals surface area (Å²) in [5.41, 5.74) is 0. The number of amides is 1. The van der Waals surface area contributed by atoms with E-state index < -0.39 is 5.92 Å². The molecule has 13 heavy (non-hydrogen) atoms. The van der Waals surface area contributed by atoms with Crippen molar-refractivity contribution in [2.45, 2.75) is 6.42 Å². The standard InChI is InChI=1S/C9H13NO2S/c1-3-10-5-4-7(9(10)12)8(11)6-13-2/h3,7H,1,4-6H2,2H3. The molecule has 0 saturated carbocycles. The lowest BCUT2D eigenvalue weighted by Crippen LogP contribution is -2.27. The molecule has 0 aromatic rings. The largest absolute Gasteiger partial charge is 0.319 e. The van der Waals surface area contributed by atoms with Crippen molar-refractivity contribution < 1.29 is 9.59 Å². The molecular weight excluding hydrogens is 186 g/mol. The zero-order valence-electron chi connectivity index (χ0n) is 7.66. The number of ketones is 1. The van der Waals surface area contributed by atoms with E-state index in [1.165, 1.54) is 22.9 Å². The van der Waals surface area contributed by atoms with Crippen LogP contribution in [0.15, 0.2) is 12.8 Å². The highest BCUT2D eigenvalue weighted by molar-refractivity contribution is 7.99. The first-order chi connectivity index (χ1) is 6.20. The number of hydrogen-bond acceptors (Lipinski definition) is 3. The van der Waals surface area contributed by atoms with Crippen LogP contribution < -0.4 is 0 Å². The molecule has 0 aliphatic carbocycles. The minimum absolute atomic E-state index is 0.0434. The zero-order chi connectivity index (χ0) is 9.84. The molecule has 0 bridgehead atoms. The van der Waals surface area contributed by atoms with E-state index in [9.17, 15) is 9.59 Å². The Morgan fingerprint density at radius 1 is 1.85 bits per heavy atom. The first-order valence-corrected chi connectivity index (χ1v) is 5.54. The molecule has 0 aromatic heterocycles. The second-order valence-corrected chi connectivity index (χ2v) is 3.82. The molecule has 0 N–H and O–H groups in total. The molecule has 1 fully saturated rings. The molecule has 3 nitrogen and oxygen atoms in total. The maximum atomic E-state index is 11.5. The van der Waals surface area contributed by atoms with E-state index in [1.807, 2.05) is 6.26 Å². The second kappa shape index (κ2) is 4.46. The van der Waals surface area contributed by atoms with Gasteiger partial charge >= 0.3 is 0 Å². The maximum Gasteiger partial charge on any atom is 0.237 e. The van der Waals surface area contributed by atoms with Crippen LogP contribution in [0, 0.1) is 5.92 Å². The van der Waals surface area contributed by atoms with E-state index in [2.05, 4.69) is 6.58 Å². The molecule has 1 unspecified atom stereocenters. The second-order valence-electron chi connectivity index (χ2n) is 2.95. The van der Waals surface area contributed by atoms with Crippen LogP contribution in [0.2, 0.25) is 0 Å². The van der Waals surface area contributed by atoms with Crippen molar-refractivity contribution in [3.8, 4) is 0 Å². The number of thioether (sulfide) groups is 1. The zero-order valence-corrected chi connectivity index (χ0v) is 8.47. The summed E-state index contributed by atoms with van der Waals surface area (Å²) in [5.74, 6) is -0.0251. The number of nitrogens with zero attached hydrogens (tertiary/aromatic N) is 1. The molecule has 4 heteroatoms. The number of hydrogen-bond donors (Lipinski definition) is 0. The Bertz CT molecular complexity index is 240. The van der Waals surface area contributed by atoms with E-state index in [0.717, 1.165) is 0 Å². The Morgan fingerprint density at radius 2 is 2.54 bits per heavy atom. The van der Waals surface area contributed by atoms with Crippen LogP contribution in [-0.4, -0.2) is 35.1 Å². The Labute approximate surface area is 82.2 Å². The summed E-state index contributed by atoms with van der Waals surface area (Å²) < 4.78 is 0. The normalized spacial score (nSPS) is 22.1. The molecule has 72 valence electrons. The van der Waals surface area contributed by atoms with Crippen LogP contribution in [-0.2, 0) is 9.59 Å². The van der Waals surface area contributed by atoms with Gasteiger partial charge in [-0.25, -0.2) is 0 Å². The Morgan fingerprint density at radius 3 is 3.00 bits per heavy atom. The quantitative estimate of drug-likeness (QED) is 0.632. The maximum absolute atomic E-state index is 11.5. The highest BCUT2D eigenvalue weighted by Gasteiger charge is 2.34. The molecule has 0 aromatic carbocycles. The van der Waals surface area contributed by atoms with Gasteiger partial charge in [0.1, 0.15) is 0 Å². The number of rotatable bonds is 4. The van der Waals surface area contributed by atoms with Gasteiger partial charge in [0, 0.05) is 6.54 Å². The van der Waals surface area contributed by atoms with Gasteiger partial charge in [-0.1, -0.05) is 6.58 Å². The number of likely N-dealkylation sites (tertiary alicyclic amines) is 1. The molecule has 1 saturated heterocycles. The van der Waals surface area contributed by atoms with E-state index in [-0.39, 0.29) is 11.7 Å². The van der Waals surface area contributed by atoms with Crippen LogP contribution in [0.5, 0.6) is 0 Å². The highest BCUT2D eigenvalue weighted by Crippen LogP contribution is 2.20. The Hall–Kier alpha value is -0.770. The molecule has 1 aliphatic heterocycles. The fraction of sp³-hybridized carbons (Fsp3) is 0.556. The van der Waals surface area contributed by atoms with Crippen LogP contribution in [0.4, 0.5) is 0 Å². The minimum atomic E-state index is -0.412. The lowest BCUT2D eigenvalue weighted by atomic mass is 10.0. The van der Waals surface area contributed by atoms with E-state index in [4.69, 9.17) is 0 Å². The van der Waals surface area contributed by atoms with Crippen LogP contribution in [0.25, 0.3) is 0 Å². The van der Waals surface area contributed by atoms with Crippen molar-refractivity contribution in [1.29, 1.82) is 0 Å². The molecule has 1 heterocycles. The molecular formula is C9H13NO2S. The third kappa shape index (κ3) is 2.12. The average molecular weight is 199 g/mol. The lowest BCUT2D eigenvalue weighted by molar-refractivity contribution is -0.134. The number of Topliss-reactive ketones (excluding diaryl/α,β-unsaturated/α-hetero) is 1. The third-order valence-corrected chi connectivity index (χ3v) is 2.71. The van der Waals surface area contributed by atoms with Crippen molar-refractivity contribution in [2.75, 3.05) is 18.6 Å². The smallest absolute Gasteiger partial charge is 0.237 e. The van der Waals surface area contributed by atoms with Gasteiger partial charge in [0.05, 0.1) is 11.7 Å². The van der Waals surface area contributed by atoms with Gasteiger partial charge in [-0.3, -0.25) is 9.59 Å². The topological polar surface area (TPSA) is 37.4 Å². The van der Waals surface area contributed by atoms with Crippen molar-refractivity contribution in [3.05, 3.63) is 12.8 Å². The summed E-state index contributed by atoms with van der Waals surface area (Å²) in [5, 5.41) is 0. The molecule has 0 spiro atoms. The lowest BCUT2D eigenvalue weighted by Gasteiger charge is -2.09. The van der Waals surface area contributed by atoms with E-state index in [1.54, 1.807) is 0 Å². The fourth-order valence-corrected chi connectivity index (χ4v) is 1.91. The van der Waals surface area contributed by atoms with Gasteiger partial charge in [0.25, 0.3) is 0 Å². The van der Waals surface area contributed by atoms with Gasteiger partial charge in [0.15, 0.2) is 5.78 Å². The molecule has 1 aliphatic rings. The minimum Gasteiger partial charge on any atom is -0.319 e. The van der Waals surface area contributed by atoms with E-state index >= 15 is 0 Å². The SMILES string of the molecule is C=CN1CCC(C(=O)CSC)C1=O. The Kier molecular flexibility index (Phi) is 3.54. The van der Waals surface area contributed by atoms with Gasteiger partial charge in [-0.2, -0.15) is 11.8 Å². The number of carbonyl (C=O) groups is 2. The summed E-state index contributed by atoms with van der Waals surface area (Å²) in [6.07, 6.45) is 4.00. The van der Waals surface area contributed by atoms with Crippen molar-refractivity contribution >= 4 is 23.5 Å². The first-order valence-electron chi connectivity index (χ1n) is 4.15. The van der Waals surface area contributed by atoms with Gasteiger partial charge in [-0.05, 0) is 18.9 Å². The number of carbonyl (C=O) groups excluding carboxylic acids is 2. The van der Waals surface area contributed by atoms with Crippen molar-refractivity contribution in [2.24, 2.45) is 5.92 Å². The van der Waals surface area contributed by atoms with Gasteiger partial charge in [0.2, 0.25) is 5.91 Å². The van der Waals surface area contributed by atoms with Crippen molar-refractivity contribution in [1.82, 2.24) is 4.90 Å². The molecule has 1 rings (SSSR count). The monoisotopic (exact) mass is 199 g/mol. The summed E-state index contributed by atoms with van der Waals surface area (Å²) in [4.78, 5) is 24.4. The third-order valence-electron chi connectivity index (χ3n) is 2.14.